The minimum atomic E-state index is 0. The molecule has 0 saturated heterocycles. The first kappa shape index (κ1) is 34.6. The monoisotopic (exact) mass is 118 g/mol. The summed E-state index contributed by atoms with van der Waals surface area (Å²) in [5.41, 5.74) is 0. The van der Waals surface area contributed by atoms with Crippen molar-refractivity contribution in [3.05, 3.63) is 0 Å². The fraction of sp³-hybridized carbons (Fsp3) is 0. The maximum Gasteiger partial charge on any atom is 2.00 e. The van der Waals surface area contributed by atoms with Crippen LogP contribution in [-0.2, 0) is 0 Å². The van der Waals surface area contributed by atoms with Gasteiger partial charge in [0.25, 0.3) is 0 Å². The van der Waals surface area contributed by atoms with Crippen molar-refractivity contribution in [2.24, 2.45) is 0 Å². The normalized spacial score (nSPS) is 0. The summed E-state index contributed by atoms with van der Waals surface area (Å²) in [6, 6.07) is 0. The van der Waals surface area contributed by atoms with E-state index in [0.717, 1.165) is 0 Å². The molecule has 0 spiro atoms. The van der Waals surface area contributed by atoms with Gasteiger partial charge in [0.05, 0.1) is 0 Å². The molecule has 0 aliphatic heterocycles. The second-order valence-electron chi connectivity index (χ2n) is 0. The Morgan fingerprint density at radius 2 is 1.25 bits per heavy atom. The van der Waals surface area contributed by atoms with Gasteiger partial charge in [-0.2, -0.15) is 0 Å². The third kappa shape index (κ3) is 8.88. The van der Waals surface area contributed by atoms with E-state index < -0.39 is 0 Å². The molecule has 0 radical (unpaired) electrons. The van der Waals surface area contributed by atoms with Crippen molar-refractivity contribution >= 4 is 71.8 Å². The molecule has 0 bridgehead atoms. The van der Waals surface area contributed by atoms with Crippen LogP contribution in [0.2, 0.25) is 0 Å². The van der Waals surface area contributed by atoms with Crippen molar-refractivity contribution < 1.29 is 11.2 Å². The van der Waals surface area contributed by atoms with Gasteiger partial charge in [0.1, 0.15) is 0 Å². The van der Waals surface area contributed by atoms with Gasteiger partial charge in [0.2, 0.25) is 0 Å². The van der Waals surface area contributed by atoms with Gasteiger partial charge in [-0.3, -0.25) is 0 Å². The Labute approximate surface area is 81.9 Å². The number of hydrogen-bond acceptors (Lipinski definition) is 0. The van der Waals surface area contributed by atoms with Crippen LogP contribution in [-0.4, -0.2) is 77.2 Å². The molecule has 4 heavy (non-hydrogen) atoms. The summed E-state index contributed by atoms with van der Waals surface area (Å²) in [6.45, 7) is 0. The summed E-state index contributed by atoms with van der Waals surface area (Å²) in [5, 5.41) is 0. The van der Waals surface area contributed by atoms with Gasteiger partial charge in [0, 0.05) is 0 Å². The first-order valence-corrected chi connectivity index (χ1v) is 0. The Balaban J connectivity index is 0. The molecular weight excluding hydrogens is 108 g/mol. The first-order valence-electron chi connectivity index (χ1n) is 0. The van der Waals surface area contributed by atoms with Gasteiger partial charge in [-0.1, -0.05) is 0 Å². The summed E-state index contributed by atoms with van der Waals surface area (Å²) in [4.78, 5) is 0. The molecule has 0 saturated carbocycles. The molecule has 0 rings (SSSR count). The molecule has 4 heteroatoms. The van der Waals surface area contributed by atoms with Crippen molar-refractivity contribution in [3.8, 4) is 0 Å². The van der Waals surface area contributed by atoms with Gasteiger partial charge in [-0.05, 0) is 11.0 Å². The molecule has 0 amide bonds. The zero-order valence-corrected chi connectivity index (χ0v) is 5.54. The third-order valence-corrected chi connectivity index (χ3v) is 0. The largest absolute Gasteiger partial charge is 2.00 e. The molecule has 0 aromatic carbocycles. The van der Waals surface area contributed by atoms with Gasteiger partial charge < -0.3 is 11.2 Å². The second kappa shape index (κ2) is 18.9. The zero-order valence-electron chi connectivity index (χ0n) is 5.91. The molecule has 0 aromatic heterocycles. The van der Waals surface area contributed by atoms with Crippen LogP contribution >= 0.6 is 0 Å². The fourth-order valence-corrected chi connectivity index (χ4v) is 0. The summed E-state index contributed by atoms with van der Waals surface area (Å²) in [5.74, 6) is 0. The maximum atomic E-state index is 0. The SMILES string of the molecule is O.[Ca+2].[H-].[H-].[H-].[H-].[Mg+2].[SiH4]. The molecular formula is H10CaMgOSi. The molecule has 0 atom stereocenters. The van der Waals surface area contributed by atoms with Crippen LogP contribution in [0.4, 0.5) is 0 Å². The van der Waals surface area contributed by atoms with Crippen LogP contribution in [0.3, 0.4) is 0 Å². The minimum absolute atomic E-state index is 0. The van der Waals surface area contributed by atoms with Crippen molar-refractivity contribution in [1.29, 1.82) is 0 Å². The molecule has 1 nitrogen and oxygen atoms in total. The predicted octanol–water partition coefficient (Wildman–Crippen LogP) is -2.59. The molecule has 0 unspecified atom stereocenters. The molecule has 0 aliphatic rings. The Morgan fingerprint density at radius 1 is 1.25 bits per heavy atom. The average Bonchev–Trinajstić information content (AvgIpc) is 0. The Hall–Kier alpha value is 2.20. The summed E-state index contributed by atoms with van der Waals surface area (Å²) in [7, 11) is 0. The van der Waals surface area contributed by atoms with Crippen molar-refractivity contribution in [3.63, 3.8) is 0 Å². The van der Waals surface area contributed by atoms with Crippen molar-refractivity contribution in [1.82, 2.24) is 0 Å². The Kier molecular flexibility index (Phi) is 164. The van der Waals surface area contributed by atoms with E-state index in [2.05, 4.69) is 0 Å². The molecule has 0 heterocycles. The van der Waals surface area contributed by atoms with E-state index in [1.807, 2.05) is 0 Å². The van der Waals surface area contributed by atoms with Crippen molar-refractivity contribution in [2.45, 2.75) is 0 Å². The first-order chi connectivity index (χ1) is 0. The van der Waals surface area contributed by atoms with E-state index in [0.29, 0.717) is 0 Å². The standard InChI is InChI=1S/Ca.Mg.H2O.H4Si.4H/h;;1H2;1H4;;;;/q2*+2;;;4*-1. The Morgan fingerprint density at radius 3 is 1.25 bits per heavy atom. The third-order valence-electron chi connectivity index (χ3n) is 0. The summed E-state index contributed by atoms with van der Waals surface area (Å²) in [6.07, 6.45) is 0. The van der Waals surface area contributed by atoms with E-state index >= 15 is 0 Å². The van der Waals surface area contributed by atoms with E-state index in [-0.39, 0.29) is 82.9 Å². The van der Waals surface area contributed by atoms with Crippen LogP contribution in [0.1, 0.15) is 5.71 Å². The van der Waals surface area contributed by atoms with Crippen LogP contribution in [0, 0.1) is 0 Å². The van der Waals surface area contributed by atoms with Crippen LogP contribution in [0.5, 0.6) is 0 Å². The smallest absolute Gasteiger partial charge is 1.00 e. The van der Waals surface area contributed by atoms with E-state index in [9.17, 15) is 0 Å². The average molecular weight is 119 g/mol. The quantitative estimate of drug-likeness (QED) is 0.313. The predicted molar refractivity (Wildman–Crippen MR) is 30.9 cm³/mol. The van der Waals surface area contributed by atoms with Crippen LogP contribution < -0.4 is 0 Å². The minimum Gasteiger partial charge on any atom is -1.00 e. The van der Waals surface area contributed by atoms with Crippen LogP contribution in [0.15, 0.2) is 0 Å². The van der Waals surface area contributed by atoms with E-state index in [4.69, 9.17) is 0 Å². The molecule has 0 fully saturated rings. The van der Waals surface area contributed by atoms with E-state index in [1.165, 1.54) is 0 Å². The number of rotatable bonds is 0. The number of hydrogen-bond donors (Lipinski definition) is 0. The maximum absolute atomic E-state index is 0. The molecule has 0 aromatic rings. The van der Waals surface area contributed by atoms with Gasteiger partial charge in [0.15, 0.2) is 0 Å². The summed E-state index contributed by atoms with van der Waals surface area (Å²) < 4.78 is 0. The fourth-order valence-electron chi connectivity index (χ4n) is 0. The molecule has 2 N–H and O–H groups in total. The van der Waals surface area contributed by atoms with Gasteiger partial charge in [-0.25, -0.2) is 0 Å². The molecule has 24 valence electrons. The topological polar surface area (TPSA) is 31.5 Å². The van der Waals surface area contributed by atoms with Gasteiger partial charge >= 0.3 is 60.8 Å². The van der Waals surface area contributed by atoms with Gasteiger partial charge in [-0.15, -0.1) is 0 Å². The second-order valence-corrected chi connectivity index (χ2v) is 0. The Bertz CT molecular complexity index is 16.0. The van der Waals surface area contributed by atoms with Crippen LogP contribution in [0.25, 0.3) is 0 Å². The molecule has 0 aliphatic carbocycles. The zero-order chi connectivity index (χ0) is 0. The van der Waals surface area contributed by atoms with E-state index in [1.54, 1.807) is 0 Å². The van der Waals surface area contributed by atoms with Crippen molar-refractivity contribution in [2.75, 3.05) is 0 Å². The summed E-state index contributed by atoms with van der Waals surface area (Å²) >= 11 is 0.